The molecule has 0 spiro atoms. The Hall–Kier alpha value is -1.88. The van der Waals surface area contributed by atoms with E-state index in [0.717, 1.165) is 30.5 Å². The third-order valence-corrected chi connectivity index (χ3v) is 3.51. The topological polar surface area (TPSA) is 98.2 Å². The Morgan fingerprint density at radius 1 is 1.21 bits per heavy atom. The number of nitrogens with two attached hydrogens (primary N) is 2. The lowest BCUT2D eigenvalue weighted by Crippen LogP contribution is -2.34. The number of hydrogen-bond acceptors (Lipinski definition) is 3. The molecule has 5 nitrogen and oxygen atoms in total. The van der Waals surface area contributed by atoms with Gasteiger partial charge in [0.2, 0.25) is 11.8 Å². The zero-order valence-electron chi connectivity index (χ0n) is 10.8. The van der Waals surface area contributed by atoms with E-state index < -0.39 is 0 Å². The molecule has 2 amide bonds. The number of carbonyl (C=O) groups is 2. The number of anilines is 1. The summed E-state index contributed by atoms with van der Waals surface area (Å²) in [7, 11) is 0. The third kappa shape index (κ3) is 3.54. The van der Waals surface area contributed by atoms with Gasteiger partial charge in [0.1, 0.15) is 0 Å². The molecule has 0 heterocycles. The zero-order chi connectivity index (χ0) is 13.8. The normalized spacial score (nSPS) is 22.2. The molecule has 1 aliphatic rings. The van der Waals surface area contributed by atoms with Gasteiger partial charge in [-0.15, -0.1) is 0 Å². The van der Waals surface area contributed by atoms with E-state index in [0.29, 0.717) is 0 Å². The summed E-state index contributed by atoms with van der Waals surface area (Å²) in [5, 5.41) is 2.86. The predicted molar refractivity (Wildman–Crippen MR) is 73.3 cm³/mol. The highest BCUT2D eigenvalue weighted by molar-refractivity contribution is 5.93. The standard InChI is InChI=1S/C14H19N3O2/c15-12-3-1-2-11(12)14(19)17-10-6-4-9(5-7-10)8-13(16)18/h4-7,11-12H,1-3,8,15H2,(H2,16,18)(H,17,19). The Morgan fingerprint density at radius 3 is 2.42 bits per heavy atom. The van der Waals surface area contributed by atoms with Crippen molar-refractivity contribution in [2.45, 2.75) is 31.7 Å². The summed E-state index contributed by atoms with van der Waals surface area (Å²) < 4.78 is 0. The zero-order valence-corrected chi connectivity index (χ0v) is 10.8. The Labute approximate surface area is 112 Å². The van der Waals surface area contributed by atoms with Crippen LogP contribution in [0.2, 0.25) is 0 Å². The highest BCUT2D eigenvalue weighted by Gasteiger charge is 2.30. The summed E-state index contributed by atoms with van der Waals surface area (Å²) in [6.45, 7) is 0. The lowest BCUT2D eigenvalue weighted by Gasteiger charge is -2.15. The van der Waals surface area contributed by atoms with Crippen molar-refractivity contribution in [1.29, 1.82) is 0 Å². The summed E-state index contributed by atoms with van der Waals surface area (Å²) in [6, 6.07) is 7.09. The van der Waals surface area contributed by atoms with Crippen LogP contribution in [0.25, 0.3) is 0 Å². The minimum atomic E-state index is -0.367. The summed E-state index contributed by atoms with van der Waals surface area (Å²) in [5.41, 5.74) is 12.6. The van der Waals surface area contributed by atoms with Crippen molar-refractivity contribution < 1.29 is 9.59 Å². The molecule has 2 unspecified atom stereocenters. The predicted octanol–water partition coefficient (Wildman–Crippen LogP) is 0.780. The molecule has 1 aliphatic carbocycles. The summed E-state index contributed by atoms with van der Waals surface area (Å²) >= 11 is 0. The molecule has 2 rings (SSSR count). The SMILES string of the molecule is NC(=O)Cc1ccc(NC(=O)C2CCCC2N)cc1. The lowest BCUT2D eigenvalue weighted by molar-refractivity contribution is -0.120. The van der Waals surface area contributed by atoms with Gasteiger partial charge in [-0.25, -0.2) is 0 Å². The van der Waals surface area contributed by atoms with Crippen LogP contribution in [0.5, 0.6) is 0 Å². The fourth-order valence-electron chi connectivity index (χ4n) is 2.46. The van der Waals surface area contributed by atoms with E-state index in [1.54, 1.807) is 24.3 Å². The second-order valence-electron chi connectivity index (χ2n) is 5.03. The van der Waals surface area contributed by atoms with Gasteiger partial charge >= 0.3 is 0 Å². The molecule has 0 saturated heterocycles. The average Bonchev–Trinajstić information content (AvgIpc) is 2.77. The number of benzene rings is 1. The average molecular weight is 261 g/mol. The molecule has 102 valence electrons. The molecule has 1 fully saturated rings. The van der Waals surface area contributed by atoms with Crippen molar-refractivity contribution in [2.75, 3.05) is 5.32 Å². The number of amides is 2. The molecule has 0 radical (unpaired) electrons. The first-order valence-electron chi connectivity index (χ1n) is 6.50. The minimum Gasteiger partial charge on any atom is -0.369 e. The second kappa shape index (κ2) is 5.84. The van der Waals surface area contributed by atoms with Crippen LogP contribution in [0.15, 0.2) is 24.3 Å². The van der Waals surface area contributed by atoms with Crippen LogP contribution in [-0.4, -0.2) is 17.9 Å². The van der Waals surface area contributed by atoms with Gasteiger partial charge in [0.05, 0.1) is 12.3 Å². The lowest BCUT2D eigenvalue weighted by atomic mass is 10.0. The van der Waals surface area contributed by atoms with Crippen molar-refractivity contribution >= 4 is 17.5 Å². The van der Waals surface area contributed by atoms with E-state index in [-0.39, 0.29) is 30.2 Å². The molecular formula is C14H19N3O2. The van der Waals surface area contributed by atoms with Gasteiger partial charge in [0.15, 0.2) is 0 Å². The van der Waals surface area contributed by atoms with Gasteiger partial charge in [-0.2, -0.15) is 0 Å². The summed E-state index contributed by atoms with van der Waals surface area (Å²) in [6.07, 6.45) is 2.99. The van der Waals surface area contributed by atoms with E-state index in [9.17, 15) is 9.59 Å². The van der Waals surface area contributed by atoms with E-state index >= 15 is 0 Å². The van der Waals surface area contributed by atoms with Crippen molar-refractivity contribution in [2.24, 2.45) is 17.4 Å². The summed E-state index contributed by atoms with van der Waals surface area (Å²) in [5.74, 6) is -0.480. The van der Waals surface area contributed by atoms with Gasteiger partial charge < -0.3 is 16.8 Å². The van der Waals surface area contributed by atoms with Crippen LogP contribution >= 0.6 is 0 Å². The number of nitrogens with one attached hydrogen (secondary N) is 1. The fraction of sp³-hybridized carbons (Fsp3) is 0.429. The smallest absolute Gasteiger partial charge is 0.229 e. The molecule has 5 N–H and O–H groups in total. The number of hydrogen-bond donors (Lipinski definition) is 3. The van der Waals surface area contributed by atoms with Gasteiger partial charge in [0.25, 0.3) is 0 Å². The van der Waals surface area contributed by atoms with Gasteiger partial charge in [-0.1, -0.05) is 18.6 Å². The first kappa shape index (κ1) is 13.5. The molecular weight excluding hydrogens is 242 g/mol. The molecule has 0 aromatic heterocycles. The molecule has 0 aliphatic heterocycles. The molecule has 19 heavy (non-hydrogen) atoms. The van der Waals surface area contributed by atoms with Crippen LogP contribution in [0, 0.1) is 5.92 Å². The van der Waals surface area contributed by atoms with Crippen LogP contribution < -0.4 is 16.8 Å². The molecule has 1 aromatic carbocycles. The first-order chi connectivity index (χ1) is 9.06. The largest absolute Gasteiger partial charge is 0.369 e. The van der Waals surface area contributed by atoms with Crippen molar-refractivity contribution in [1.82, 2.24) is 0 Å². The maximum absolute atomic E-state index is 12.0. The number of rotatable bonds is 4. The van der Waals surface area contributed by atoms with Crippen molar-refractivity contribution in [3.8, 4) is 0 Å². The highest BCUT2D eigenvalue weighted by atomic mass is 16.2. The number of carbonyl (C=O) groups excluding carboxylic acids is 2. The molecule has 1 saturated carbocycles. The van der Waals surface area contributed by atoms with Crippen molar-refractivity contribution in [3.05, 3.63) is 29.8 Å². The Kier molecular flexibility index (Phi) is 4.16. The van der Waals surface area contributed by atoms with E-state index in [1.807, 2.05) is 0 Å². The first-order valence-corrected chi connectivity index (χ1v) is 6.50. The monoisotopic (exact) mass is 261 g/mol. The summed E-state index contributed by atoms with van der Waals surface area (Å²) in [4.78, 5) is 22.8. The Morgan fingerprint density at radius 2 is 1.89 bits per heavy atom. The second-order valence-corrected chi connectivity index (χ2v) is 5.03. The van der Waals surface area contributed by atoms with Crippen molar-refractivity contribution in [3.63, 3.8) is 0 Å². The van der Waals surface area contributed by atoms with Gasteiger partial charge in [-0.3, -0.25) is 9.59 Å². The molecule has 5 heteroatoms. The van der Waals surface area contributed by atoms with E-state index in [4.69, 9.17) is 11.5 Å². The van der Waals surface area contributed by atoms with E-state index in [1.165, 1.54) is 0 Å². The Bertz CT molecular complexity index is 470. The quantitative estimate of drug-likeness (QED) is 0.747. The van der Waals surface area contributed by atoms with Gasteiger partial charge in [-0.05, 0) is 30.5 Å². The number of primary amides is 1. The van der Waals surface area contributed by atoms with Gasteiger partial charge in [0, 0.05) is 11.7 Å². The van der Waals surface area contributed by atoms with Crippen LogP contribution in [0.3, 0.4) is 0 Å². The highest BCUT2D eigenvalue weighted by Crippen LogP contribution is 2.25. The van der Waals surface area contributed by atoms with Crippen LogP contribution in [0.1, 0.15) is 24.8 Å². The van der Waals surface area contributed by atoms with E-state index in [2.05, 4.69) is 5.32 Å². The fourth-order valence-corrected chi connectivity index (χ4v) is 2.46. The minimum absolute atomic E-state index is 0.0207. The Balaban J connectivity index is 1.95. The molecule has 0 bridgehead atoms. The van der Waals surface area contributed by atoms with Crippen LogP contribution in [-0.2, 0) is 16.0 Å². The molecule has 2 atom stereocenters. The van der Waals surface area contributed by atoms with Crippen LogP contribution in [0.4, 0.5) is 5.69 Å². The molecule has 1 aromatic rings. The maximum atomic E-state index is 12.0. The maximum Gasteiger partial charge on any atom is 0.229 e. The third-order valence-electron chi connectivity index (χ3n) is 3.51.